The van der Waals surface area contributed by atoms with Crippen LogP contribution in [0.1, 0.15) is 174 Å². The van der Waals surface area contributed by atoms with E-state index < -0.39 is 32.5 Å². The average molecular weight is 754 g/mol. The highest BCUT2D eigenvalue weighted by Crippen LogP contribution is 2.43. The van der Waals surface area contributed by atoms with E-state index in [1.54, 1.807) is 0 Å². The van der Waals surface area contributed by atoms with Crippen LogP contribution in [0.5, 0.6) is 0 Å². The van der Waals surface area contributed by atoms with Gasteiger partial charge in [-0.15, -0.1) is 0 Å². The highest BCUT2D eigenvalue weighted by atomic mass is 31.2. The fraction of sp³-hybridized carbons (Fsp3) is 0.762. The molecule has 10 heteroatoms. The van der Waals surface area contributed by atoms with Gasteiger partial charge < -0.3 is 20.1 Å². The number of esters is 2. The third-order valence-electron chi connectivity index (χ3n) is 8.47. The molecular weight excluding hydrogens is 677 g/mol. The summed E-state index contributed by atoms with van der Waals surface area (Å²) < 4.78 is 32.7. The zero-order chi connectivity index (χ0) is 38.2. The molecule has 3 N–H and O–H groups in total. The van der Waals surface area contributed by atoms with Crippen LogP contribution in [0.25, 0.3) is 0 Å². The third kappa shape index (κ3) is 37.7. The summed E-state index contributed by atoms with van der Waals surface area (Å²) in [6, 6.07) is 0. The normalized spacial score (nSPS) is 13.8. The second-order valence-corrected chi connectivity index (χ2v) is 15.0. The monoisotopic (exact) mass is 754 g/mol. The summed E-state index contributed by atoms with van der Waals surface area (Å²) in [6.45, 7) is 3.65. The highest BCUT2D eigenvalue weighted by molar-refractivity contribution is 7.47. The van der Waals surface area contributed by atoms with Crippen molar-refractivity contribution in [3.8, 4) is 0 Å². The summed E-state index contributed by atoms with van der Waals surface area (Å²) in [4.78, 5) is 34.8. The van der Waals surface area contributed by atoms with Crippen LogP contribution in [0.15, 0.2) is 48.6 Å². The van der Waals surface area contributed by atoms with Gasteiger partial charge >= 0.3 is 19.8 Å². The van der Waals surface area contributed by atoms with Crippen molar-refractivity contribution in [1.82, 2.24) is 0 Å². The number of hydrogen-bond acceptors (Lipinski definition) is 8. The second-order valence-electron chi connectivity index (χ2n) is 13.5. The zero-order valence-corrected chi connectivity index (χ0v) is 33.9. The number of unbranched alkanes of at least 4 members (excludes halogenated alkanes) is 17. The van der Waals surface area contributed by atoms with Gasteiger partial charge in [-0.3, -0.25) is 18.6 Å². The lowest BCUT2D eigenvalue weighted by Gasteiger charge is -2.19. The van der Waals surface area contributed by atoms with Crippen LogP contribution < -0.4 is 5.73 Å². The van der Waals surface area contributed by atoms with Crippen molar-refractivity contribution >= 4 is 19.8 Å². The van der Waals surface area contributed by atoms with Crippen molar-refractivity contribution in [1.29, 1.82) is 0 Å². The Hall–Kier alpha value is -2.03. The molecule has 0 aliphatic rings. The molecule has 0 fully saturated rings. The molecule has 0 spiro atoms. The van der Waals surface area contributed by atoms with Gasteiger partial charge in [0.1, 0.15) is 6.61 Å². The average Bonchev–Trinajstić information content (AvgIpc) is 3.13. The van der Waals surface area contributed by atoms with Gasteiger partial charge in [0.2, 0.25) is 0 Å². The zero-order valence-electron chi connectivity index (χ0n) is 33.0. The molecule has 0 bridgehead atoms. The molecule has 302 valence electrons. The van der Waals surface area contributed by atoms with E-state index in [1.165, 1.54) is 77.0 Å². The topological polar surface area (TPSA) is 134 Å². The molecule has 0 heterocycles. The van der Waals surface area contributed by atoms with Crippen molar-refractivity contribution in [2.45, 2.75) is 180 Å². The number of phosphoric ester groups is 1. The molecule has 0 rings (SSSR count). The van der Waals surface area contributed by atoms with Crippen LogP contribution in [0, 0.1) is 0 Å². The van der Waals surface area contributed by atoms with Crippen molar-refractivity contribution < 1.29 is 37.6 Å². The maximum atomic E-state index is 12.5. The molecule has 1 unspecified atom stereocenters. The standard InChI is InChI=1S/C42H76NO8P/c1-3-5-7-9-11-13-15-17-18-19-20-21-22-23-25-26-28-30-32-34-41(44)48-38-40(39-50-52(46,47)49-37-36-43)51-42(45)35-33-31-29-27-24-16-14-12-10-8-6-4-2/h11,13,17-18,20-21,23,25,40H,3-10,12,14-16,19,22,24,26-39,43H2,1-2H3,(H,46,47)/b13-11-,18-17-,21-20-,25-23-/t40-/m1/s1. The maximum Gasteiger partial charge on any atom is 0.472 e. The summed E-state index contributed by atoms with van der Waals surface area (Å²) in [5.41, 5.74) is 5.33. The van der Waals surface area contributed by atoms with Crippen LogP contribution in [-0.4, -0.2) is 49.3 Å². The molecule has 0 aromatic heterocycles. The van der Waals surface area contributed by atoms with Gasteiger partial charge in [-0.05, 0) is 57.8 Å². The van der Waals surface area contributed by atoms with Crippen LogP contribution in [-0.2, 0) is 32.7 Å². The Balaban J connectivity index is 4.23. The van der Waals surface area contributed by atoms with Gasteiger partial charge in [0.15, 0.2) is 6.10 Å². The predicted octanol–water partition coefficient (Wildman–Crippen LogP) is 11.6. The van der Waals surface area contributed by atoms with Gasteiger partial charge in [0, 0.05) is 19.4 Å². The molecule has 0 saturated carbocycles. The third-order valence-corrected chi connectivity index (χ3v) is 9.45. The Morgan fingerprint density at radius 3 is 1.52 bits per heavy atom. The highest BCUT2D eigenvalue weighted by Gasteiger charge is 2.25. The van der Waals surface area contributed by atoms with Gasteiger partial charge in [-0.25, -0.2) is 4.57 Å². The van der Waals surface area contributed by atoms with Crippen LogP contribution >= 0.6 is 7.82 Å². The van der Waals surface area contributed by atoms with Gasteiger partial charge in [-0.1, -0.05) is 152 Å². The minimum atomic E-state index is -4.38. The van der Waals surface area contributed by atoms with E-state index >= 15 is 0 Å². The predicted molar refractivity (Wildman–Crippen MR) is 215 cm³/mol. The number of rotatable bonds is 38. The van der Waals surface area contributed by atoms with Crippen LogP contribution in [0.2, 0.25) is 0 Å². The van der Waals surface area contributed by atoms with Gasteiger partial charge in [-0.2, -0.15) is 0 Å². The largest absolute Gasteiger partial charge is 0.472 e. The van der Waals surface area contributed by atoms with E-state index in [0.717, 1.165) is 57.8 Å². The molecule has 0 aromatic carbocycles. The van der Waals surface area contributed by atoms with Gasteiger partial charge in [0.25, 0.3) is 0 Å². The minimum absolute atomic E-state index is 0.0482. The fourth-order valence-electron chi connectivity index (χ4n) is 5.38. The molecule has 0 aromatic rings. The first-order valence-electron chi connectivity index (χ1n) is 20.6. The summed E-state index contributed by atoms with van der Waals surface area (Å²) >= 11 is 0. The molecule has 0 radical (unpaired) electrons. The Morgan fingerprint density at radius 2 is 1.00 bits per heavy atom. The summed E-state index contributed by atoms with van der Waals surface area (Å²) in [5.74, 6) is -0.865. The summed E-state index contributed by atoms with van der Waals surface area (Å²) in [7, 11) is -4.38. The Labute approximate surface area is 317 Å². The number of nitrogens with two attached hydrogens (primary N) is 1. The lowest BCUT2D eigenvalue weighted by Crippen LogP contribution is -2.29. The van der Waals surface area contributed by atoms with E-state index in [0.29, 0.717) is 12.8 Å². The first kappa shape index (κ1) is 50.0. The lowest BCUT2D eigenvalue weighted by molar-refractivity contribution is -0.161. The van der Waals surface area contributed by atoms with E-state index in [9.17, 15) is 19.0 Å². The molecular formula is C42H76NO8P. The molecule has 0 amide bonds. The van der Waals surface area contributed by atoms with E-state index in [-0.39, 0.29) is 32.6 Å². The van der Waals surface area contributed by atoms with Crippen molar-refractivity contribution in [2.24, 2.45) is 5.73 Å². The van der Waals surface area contributed by atoms with Crippen LogP contribution in [0.4, 0.5) is 0 Å². The Kier molecular flexibility index (Phi) is 37.2. The quantitative estimate of drug-likeness (QED) is 0.0273. The molecule has 9 nitrogen and oxygen atoms in total. The second kappa shape index (κ2) is 38.7. The molecule has 0 aliphatic carbocycles. The number of phosphoric acid groups is 1. The summed E-state index contributed by atoms with van der Waals surface area (Å²) in [6.07, 6.45) is 42.8. The smallest absolute Gasteiger partial charge is 0.462 e. The Bertz CT molecular complexity index is 996. The summed E-state index contributed by atoms with van der Waals surface area (Å²) in [5, 5.41) is 0. The SMILES string of the molecule is CCCCC/C=C\C/C=C\C/C=C\C/C=C\CCCCCC(=O)OC[C@H](COP(=O)(O)OCCN)OC(=O)CCCCCCCCCCCCCC. The minimum Gasteiger partial charge on any atom is -0.462 e. The molecule has 0 aliphatic heterocycles. The number of carbonyl (C=O) groups is 2. The first-order chi connectivity index (χ1) is 25.3. The van der Waals surface area contributed by atoms with E-state index in [2.05, 4.69) is 62.5 Å². The Morgan fingerprint density at radius 1 is 0.577 bits per heavy atom. The van der Waals surface area contributed by atoms with E-state index in [1.807, 2.05) is 0 Å². The van der Waals surface area contributed by atoms with Crippen molar-refractivity contribution in [3.05, 3.63) is 48.6 Å². The molecule has 0 saturated heterocycles. The number of allylic oxidation sites excluding steroid dienone is 8. The first-order valence-corrected chi connectivity index (χ1v) is 22.1. The van der Waals surface area contributed by atoms with E-state index in [4.69, 9.17) is 24.3 Å². The van der Waals surface area contributed by atoms with Crippen molar-refractivity contribution in [3.63, 3.8) is 0 Å². The van der Waals surface area contributed by atoms with Crippen LogP contribution in [0.3, 0.4) is 0 Å². The molecule has 2 atom stereocenters. The number of ether oxygens (including phenoxy) is 2. The molecule has 52 heavy (non-hydrogen) atoms. The maximum absolute atomic E-state index is 12.5. The fourth-order valence-corrected chi connectivity index (χ4v) is 6.15. The lowest BCUT2D eigenvalue weighted by atomic mass is 10.0. The number of hydrogen-bond donors (Lipinski definition) is 2. The number of carbonyl (C=O) groups excluding carboxylic acids is 2. The van der Waals surface area contributed by atoms with Crippen molar-refractivity contribution in [2.75, 3.05) is 26.4 Å². The van der Waals surface area contributed by atoms with Gasteiger partial charge in [0.05, 0.1) is 13.2 Å².